The SMILES string of the molecule is CC(=O)N1CCc2c(cn(-c3ccc(F)cc3)c(=O)c2C(=O)NCc2cc(C)no2)C1. The molecule has 0 aliphatic carbocycles. The molecule has 0 radical (unpaired) electrons. The fourth-order valence-corrected chi connectivity index (χ4v) is 3.71. The summed E-state index contributed by atoms with van der Waals surface area (Å²) in [5.74, 6) is -0.588. The molecule has 0 saturated carbocycles. The van der Waals surface area contributed by atoms with Crippen LogP contribution >= 0.6 is 0 Å². The Hall–Kier alpha value is -3.75. The number of amides is 2. The molecule has 1 N–H and O–H groups in total. The molecule has 4 rings (SSSR count). The minimum Gasteiger partial charge on any atom is -0.359 e. The zero-order chi connectivity index (χ0) is 22.1. The number of rotatable bonds is 4. The Bertz CT molecular complexity index is 1210. The van der Waals surface area contributed by atoms with Gasteiger partial charge in [0.2, 0.25) is 5.91 Å². The number of carbonyl (C=O) groups is 2. The van der Waals surface area contributed by atoms with Gasteiger partial charge in [-0.2, -0.15) is 0 Å². The Morgan fingerprint density at radius 3 is 2.65 bits per heavy atom. The molecule has 0 saturated heterocycles. The molecule has 160 valence electrons. The number of nitrogens with zero attached hydrogens (tertiary/aromatic N) is 3. The Balaban J connectivity index is 1.76. The zero-order valence-electron chi connectivity index (χ0n) is 17.1. The molecule has 2 aromatic heterocycles. The topological polar surface area (TPSA) is 97.4 Å². The van der Waals surface area contributed by atoms with Gasteiger partial charge in [-0.25, -0.2) is 4.39 Å². The molecule has 0 spiro atoms. The van der Waals surface area contributed by atoms with E-state index in [1.165, 1.54) is 35.8 Å². The van der Waals surface area contributed by atoms with Crippen molar-refractivity contribution in [2.75, 3.05) is 6.54 Å². The minimum atomic E-state index is -0.539. The second-order valence-electron chi connectivity index (χ2n) is 7.47. The summed E-state index contributed by atoms with van der Waals surface area (Å²) < 4.78 is 19.8. The highest BCUT2D eigenvalue weighted by atomic mass is 19.1. The third-order valence-electron chi connectivity index (χ3n) is 5.28. The first-order valence-corrected chi connectivity index (χ1v) is 9.82. The molecule has 0 bridgehead atoms. The summed E-state index contributed by atoms with van der Waals surface area (Å²) in [5, 5.41) is 6.50. The molecule has 3 heterocycles. The maximum absolute atomic E-state index is 13.4. The fourth-order valence-electron chi connectivity index (χ4n) is 3.71. The minimum absolute atomic E-state index is 0.0151. The number of aromatic nitrogens is 2. The molecule has 31 heavy (non-hydrogen) atoms. The smallest absolute Gasteiger partial charge is 0.268 e. The lowest BCUT2D eigenvalue weighted by Gasteiger charge is -2.29. The van der Waals surface area contributed by atoms with Crippen molar-refractivity contribution in [2.24, 2.45) is 0 Å². The lowest BCUT2D eigenvalue weighted by Crippen LogP contribution is -2.40. The highest BCUT2D eigenvalue weighted by Gasteiger charge is 2.27. The summed E-state index contributed by atoms with van der Waals surface area (Å²) in [6.07, 6.45) is 2.01. The monoisotopic (exact) mass is 424 g/mol. The van der Waals surface area contributed by atoms with Crippen molar-refractivity contribution in [1.29, 1.82) is 0 Å². The lowest BCUT2D eigenvalue weighted by molar-refractivity contribution is -0.129. The number of halogens is 1. The van der Waals surface area contributed by atoms with E-state index in [-0.39, 0.29) is 24.6 Å². The molecule has 8 nitrogen and oxygen atoms in total. The van der Waals surface area contributed by atoms with Gasteiger partial charge in [0, 0.05) is 38.0 Å². The number of carbonyl (C=O) groups excluding carboxylic acids is 2. The fraction of sp³-hybridized carbons (Fsp3) is 0.273. The second-order valence-corrected chi connectivity index (χ2v) is 7.47. The first-order chi connectivity index (χ1) is 14.8. The van der Waals surface area contributed by atoms with Crippen LogP contribution in [0.15, 0.2) is 45.8 Å². The summed E-state index contributed by atoms with van der Waals surface area (Å²) in [6.45, 7) is 4.04. The molecule has 0 unspecified atom stereocenters. The van der Waals surface area contributed by atoms with E-state index in [4.69, 9.17) is 4.52 Å². The summed E-state index contributed by atoms with van der Waals surface area (Å²) in [6, 6.07) is 7.12. The predicted octanol–water partition coefficient (Wildman–Crippen LogP) is 2.11. The number of pyridine rings is 1. The van der Waals surface area contributed by atoms with Crippen LogP contribution in [0.2, 0.25) is 0 Å². The van der Waals surface area contributed by atoms with E-state index in [9.17, 15) is 18.8 Å². The molecule has 1 aromatic carbocycles. The first kappa shape index (κ1) is 20.5. The molecule has 0 fully saturated rings. The van der Waals surface area contributed by atoms with Crippen molar-refractivity contribution >= 4 is 11.8 Å². The average Bonchev–Trinajstić information content (AvgIpc) is 3.17. The van der Waals surface area contributed by atoms with Gasteiger partial charge < -0.3 is 14.7 Å². The quantitative estimate of drug-likeness (QED) is 0.692. The van der Waals surface area contributed by atoms with Crippen LogP contribution < -0.4 is 10.9 Å². The van der Waals surface area contributed by atoms with Gasteiger partial charge in [0.15, 0.2) is 5.76 Å². The molecule has 0 atom stereocenters. The van der Waals surface area contributed by atoms with Crippen LogP contribution in [0.3, 0.4) is 0 Å². The van der Waals surface area contributed by atoms with Gasteiger partial charge in [-0.05, 0) is 48.7 Å². The van der Waals surface area contributed by atoms with Gasteiger partial charge in [0.1, 0.15) is 11.4 Å². The Morgan fingerprint density at radius 1 is 1.26 bits per heavy atom. The number of fused-ring (bicyclic) bond motifs is 1. The van der Waals surface area contributed by atoms with Gasteiger partial charge >= 0.3 is 0 Å². The Kier molecular flexibility index (Phi) is 5.41. The Labute approximate surface area is 177 Å². The van der Waals surface area contributed by atoms with Crippen molar-refractivity contribution in [2.45, 2.75) is 33.4 Å². The maximum atomic E-state index is 13.4. The molecule has 1 aliphatic heterocycles. The van der Waals surface area contributed by atoms with Crippen LogP contribution in [-0.4, -0.2) is 33.0 Å². The van der Waals surface area contributed by atoms with Crippen LogP contribution in [0.5, 0.6) is 0 Å². The van der Waals surface area contributed by atoms with E-state index < -0.39 is 17.3 Å². The van der Waals surface area contributed by atoms with Gasteiger partial charge in [-0.15, -0.1) is 0 Å². The zero-order valence-corrected chi connectivity index (χ0v) is 17.1. The van der Waals surface area contributed by atoms with Crippen LogP contribution in [0.25, 0.3) is 5.69 Å². The van der Waals surface area contributed by atoms with Crippen molar-refractivity contribution in [3.05, 3.63) is 80.8 Å². The van der Waals surface area contributed by atoms with E-state index in [2.05, 4.69) is 10.5 Å². The van der Waals surface area contributed by atoms with Crippen LogP contribution in [0.4, 0.5) is 4.39 Å². The van der Waals surface area contributed by atoms with Crippen molar-refractivity contribution < 1.29 is 18.5 Å². The van der Waals surface area contributed by atoms with Crippen molar-refractivity contribution in [1.82, 2.24) is 19.9 Å². The number of nitrogens with one attached hydrogen (secondary N) is 1. The second kappa shape index (κ2) is 8.17. The number of hydrogen-bond acceptors (Lipinski definition) is 5. The van der Waals surface area contributed by atoms with E-state index in [1.807, 2.05) is 0 Å². The van der Waals surface area contributed by atoms with Crippen LogP contribution in [0, 0.1) is 12.7 Å². The van der Waals surface area contributed by atoms with Gasteiger partial charge in [-0.3, -0.25) is 19.0 Å². The Morgan fingerprint density at radius 2 is 2.00 bits per heavy atom. The van der Waals surface area contributed by atoms with Crippen LogP contribution in [0.1, 0.15) is 39.9 Å². The standard InChI is InChI=1S/C22H21FN4O4/c1-13-9-18(31-25-13)10-24-21(29)20-19-7-8-26(14(2)28)11-15(19)12-27(22(20)30)17-5-3-16(23)4-6-17/h3-6,9,12H,7-8,10-11H2,1-2H3,(H,24,29). The largest absolute Gasteiger partial charge is 0.359 e. The third-order valence-corrected chi connectivity index (χ3v) is 5.28. The van der Waals surface area contributed by atoms with E-state index in [1.54, 1.807) is 24.1 Å². The number of hydrogen-bond donors (Lipinski definition) is 1. The van der Waals surface area contributed by atoms with Crippen LogP contribution in [-0.2, 0) is 24.3 Å². The summed E-state index contributed by atoms with van der Waals surface area (Å²) in [7, 11) is 0. The molecule has 9 heteroatoms. The number of benzene rings is 1. The highest BCUT2D eigenvalue weighted by Crippen LogP contribution is 2.22. The molecule has 1 aliphatic rings. The summed E-state index contributed by atoms with van der Waals surface area (Å²) in [5.41, 5.74) is 1.94. The maximum Gasteiger partial charge on any atom is 0.268 e. The highest BCUT2D eigenvalue weighted by molar-refractivity contribution is 5.95. The van der Waals surface area contributed by atoms with Gasteiger partial charge in [0.05, 0.1) is 12.2 Å². The van der Waals surface area contributed by atoms with Gasteiger partial charge in [0.25, 0.3) is 11.5 Å². The van der Waals surface area contributed by atoms with Crippen molar-refractivity contribution in [3.8, 4) is 5.69 Å². The van der Waals surface area contributed by atoms with E-state index in [0.717, 1.165) is 0 Å². The van der Waals surface area contributed by atoms with E-state index >= 15 is 0 Å². The molecule has 3 aromatic rings. The predicted molar refractivity (Wildman–Crippen MR) is 109 cm³/mol. The summed E-state index contributed by atoms with van der Waals surface area (Å²) >= 11 is 0. The lowest BCUT2D eigenvalue weighted by atomic mass is 9.95. The normalized spacial score (nSPS) is 13.1. The third kappa shape index (κ3) is 4.11. The van der Waals surface area contributed by atoms with Crippen molar-refractivity contribution in [3.63, 3.8) is 0 Å². The van der Waals surface area contributed by atoms with Gasteiger partial charge in [-0.1, -0.05) is 5.16 Å². The summed E-state index contributed by atoms with van der Waals surface area (Å²) in [4.78, 5) is 39.9. The molecular formula is C22H21FN4O4. The average molecular weight is 424 g/mol. The van der Waals surface area contributed by atoms with E-state index in [0.29, 0.717) is 41.2 Å². The molecule has 2 amide bonds. The molecular weight excluding hydrogens is 403 g/mol. The number of aryl methyl sites for hydroxylation is 1. The first-order valence-electron chi connectivity index (χ1n) is 9.82.